The molecule has 76 valence electrons. The van der Waals surface area contributed by atoms with E-state index < -0.39 is 20.4 Å². The molecule has 2 aliphatic rings. The molecule has 2 saturated heterocycles. The second kappa shape index (κ2) is 3.68. The van der Waals surface area contributed by atoms with E-state index in [0.29, 0.717) is 12.1 Å². The van der Waals surface area contributed by atoms with Gasteiger partial charge in [-0.25, -0.2) is 8.78 Å². The lowest BCUT2D eigenvalue weighted by Crippen LogP contribution is -2.29. The van der Waals surface area contributed by atoms with E-state index in [9.17, 15) is 8.78 Å². The Labute approximate surface area is 79.7 Å². The molecule has 0 bridgehead atoms. The summed E-state index contributed by atoms with van der Waals surface area (Å²) in [5.74, 6) is 0. The van der Waals surface area contributed by atoms with Crippen LogP contribution in [0.25, 0.3) is 0 Å². The smallest absolute Gasteiger partial charge is 0.129 e. The summed E-state index contributed by atoms with van der Waals surface area (Å²) < 4.78 is 26.3. The van der Waals surface area contributed by atoms with E-state index in [4.69, 9.17) is 0 Å². The Balaban J connectivity index is 2.02. The molecule has 2 atom stereocenters. The van der Waals surface area contributed by atoms with Crippen LogP contribution in [-0.4, -0.2) is 20.4 Å². The molecule has 0 saturated carbocycles. The number of rotatable bonds is 0. The van der Waals surface area contributed by atoms with Crippen molar-refractivity contribution in [3.8, 4) is 0 Å². The molecule has 0 aliphatic carbocycles. The number of alkyl halides is 2. The summed E-state index contributed by atoms with van der Waals surface area (Å²) in [5, 5.41) is 0. The summed E-state index contributed by atoms with van der Waals surface area (Å²) in [4.78, 5) is 0. The molecule has 0 aromatic rings. The molecule has 0 aromatic carbocycles. The zero-order chi connectivity index (χ0) is 9.31. The SMILES string of the molecule is FC1C[Si]2(CCCCCC2)CC1F. The van der Waals surface area contributed by atoms with Gasteiger partial charge in [-0.05, 0) is 12.1 Å². The van der Waals surface area contributed by atoms with E-state index in [1.54, 1.807) is 0 Å². The normalized spacial score (nSPS) is 39.2. The highest BCUT2D eigenvalue weighted by Crippen LogP contribution is 2.43. The molecule has 3 heteroatoms. The average Bonchev–Trinajstić information content (AvgIpc) is 2.29. The van der Waals surface area contributed by atoms with Crippen molar-refractivity contribution in [1.29, 1.82) is 0 Å². The summed E-state index contributed by atoms with van der Waals surface area (Å²) in [5.41, 5.74) is 0. The lowest BCUT2D eigenvalue weighted by atomic mass is 10.2. The van der Waals surface area contributed by atoms with E-state index in [0.717, 1.165) is 0 Å². The first-order chi connectivity index (χ1) is 6.22. The topological polar surface area (TPSA) is 0 Å². The van der Waals surface area contributed by atoms with Gasteiger partial charge >= 0.3 is 0 Å². The van der Waals surface area contributed by atoms with Gasteiger partial charge in [0.05, 0.1) is 8.07 Å². The largest absolute Gasteiger partial charge is 0.245 e. The number of hydrogen-bond donors (Lipinski definition) is 0. The molecule has 2 unspecified atom stereocenters. The first kappa shape index (κ1) is 9.63. The van der Waals surface area contributed by atoms with Crippen LogP contribution in [0.4, 0.5) is 8.78 Å². The summed E-state index contributed by atoms with van der Waals surface area (Å²) >= 11 is 0. The van der Waals surface area contributed by atoms with E-state index in [1.165, 1.54) is 37.8 Å². The Bertz CT molecular complexity index is 164. The highest BCUT2D eigenvalue weighted by molar-refractivity contribution is 6.81. The van der Waals surface area contributed by atoms with Crippen molar-refractivity contribution in [2.75, 3.05) is 0 Å². The van der Waals surface area contributed by atoms with E-state index in [-0.39, 0.29) is 0 Å². The number of halogens is 2. The van der Waals surface area contributed by atoms with Gasteiger partial charge < -0.3 is 0 Å². The van der Waals surface area contributed by atoms with Crippen LogP contribution in [0.2, 0.25) is 24.2 Å². The highest BCUT2D eigenvalue weighted by atomic mass is 28.3. The molecular formula is C10H18F2Si. The van der Waals surface area contributed by atoms with E-state index >= 15 is 0 Å². The molecule has 2 rings (SSSR count). The van der Waals surface area contributed by atoms with Crippen molar-refractivity contribution >= 4 is 8.07 Å². The summed E-state index contributed by atoms with van der Waals surface area (Å²) in [7, 11) is -1.45. The fourth-order valence-corrected chi connectivity index (χ4v) is 8.45. The van der Waals surface area contributed by atoms with Gasteiger partial charge in [0, 0.05) is 0 Å². The van der Waals surface area contributed by atoms with Gasteiger partial charge in [0.2, 0.25) is 0 Å². The first-order valence-electron chi connectivity index (χ1n) is 5.50. The quantitative estimate of drug-likeness (QED) is 0.528. The van der Waals surface area contributed by atoms with Crippen LogP contribution in [0.1, 0.15) is 25.7 Å². The molecule has 0 N–H and O–H groups in total. The van der Waals surface area contributed by atoms with Gasteiger partial charge in [-0.1, -0.05) is 37.8 Å². The van der Waals surface area contributed by atoms with Gasteiger partial charge in [0.25, 0.3) is 0 Å². The van der Waals surface area contributed by atoms with Gasteiger partial charge in [-0.15, -0.1) is 0 Å². The van der Waals surface area contributed by atoms with Gasteiger partial charge in [0.1, 0.15) is 12.3 Å². The molecule has 0 amide bonds. The monoisotopic (exact) mass is 204 g/mol. The third kappa shape index (κ3) is 1.95. The van der Waals surface area contributed by atoms with Gasteiger partial charge in [0.15, 0.2) is 0 Å². The van der Waals surface area contributed by atoms with Crippen molar-refractivity contribution in [2.45, 2.75) is 62.2 Å². The second-order valence-electron chi connectivity index (χ2n) is 4.85. The molecule has 2 aliphatic heterocycles. The van der Waals surface area contributed by atoms with Crippen LogP contribution in [-0.2, 0) is 0 Å². The van der Waals surface area contributed by atoms with Crippen LogP contribution in [0.3, 0.4) is 0 Å². The third-order valence-corrected chi connectivity index (χ3v) is 9.15. The first-order valence-corrected chi connectivity index (χ1v) is 8.33. The lowest BCUT2D eigenvalue weighted by Gasteiger charge is -2.23. The number of hydrogen-bond acceptors (Lipinski definition) is 0. The summed E-state index contributed by atoms with van der Waals surface area (Å²) in [6.07, 6.45) is 2.86. The fourth-order valence-electron chi connectivity index (χ4n) is 3.05. The van der Waals surface area contributed by atoms with E-state index in [2.05, 4.69) is 0 Å². The van der Waals surface area contributed by atoms with Crippen molar-refractivity contribution in [1.82, 2.24) is 0 Å². The summed E-state index contributed by atoms with van der Waals surface area (Å²) in [6.45, 7) is 0. The highest BCUT2D eigenvalue weighted by Gasteiger charge is 2.47. The minimum absolute atomic E-state index is 0.633. The van der Waals surface area contributed by atoms with Crippen LogP contribution >= 0.6 is 0 Å². The molecule has 2 heterocycles. The van der Waals surface area contributed by atoms with Crippen LogP contribution in [0, 0.1) is 0 Å². The molecule has 1 spiro atoms. The predicted octanol–water partition coefficient (Wildman–Crippen LogP) is 3.70. The molecule has 13 heavy (non-hydrogen) atoms. The standard InChI is InChI=1S/C10H18F2Si/c11-9-7-13(8-10(9)12)5-3-1-2-4-6-13/h9-10H,1-8H2. The minimum Gasteiger partial charge on any atom is -0.245 e. The Morgan fingerprint density at radius 2 is 1.23 bits per heavy atom. The van der Waals surface area contributed by atoms with Gasteiger partial charge in [-0.2, -0.15) is 0 Å². The molecule has 0 radical (unpaired) electrons. The Morgan fingerprint density at radius 1 is 0.769 bits per heavy atom. The minimum atomic E-state index is -1.45. The lowest BCUT2D eigenvalue weighted by molar-refractivity contribution is 0.213. The van der Waals surface area contributed by atoms with Crippen molar-refractivity contribution < 1.29 is 8.78 Å². The van der Waals surface area contributed by atoms with Crippen LogP contribution in [0.15, 0.2) is 0 Å². The molecular weight excluding hydrogens is 186 g/mol. The zero-order valence-electron chi connectivity index (χ0n) is 8.07. The maximum absolute atomic E-state index is 13.1. The zero-order valence-corrected chi connectivity index (χ0v) is 9.07. The second-order valence-corrected chi connectivity index (χ2v) is 9.67. The Hall–Kier alpha value is 0.0769. The van der Waals surface area contributed by atoms with Crippen molar-refractivity contribution in [3.63, 3.8) is 0 Å². The predicted molar refractivity (Wildman–Crippen MR) is 53.2 cm³/mol. The van der Waals surface area contributed by atoms with E-state index in [1.807, 2.05) is 0 Å². The Kier molecular flexibility index (Phi) is 2.72. The van der Waals surface area contributed by atoms with Crippen LogP contribution < -0.4 is 0 Å². The fraction of sp³-hybridized carbons (Fsp3) is 1.00. The molecule has 0 nitrogen and oxygen atoms in total. The molecule has 2 fully saturated rings. The third-order valence-electron chi connectivity index (χ3n) is 3.81. The average molecular weight is 204 g/mol. The van der Waals surface area contributed by atoms with Crippen LogP contribution in [0.5, 0.6) is 0 Å². The van der Waals surface area contributed by atoms with Gasteiger partial charge in [-0.3, -0.25) is 0 Å². The van der Waals surface area contributed by atoms with Crippen molar-refractivity contribution in [3.05, 3.63) is 0 Å². The summed E-state index contributed by atoms with van der Waals surface area (Å²) in [6, 6.07) is 3.67. The maximum Gasteiger partial charge on any atom is 0.129 e. The Morgan fingerprint density at radius 3 is 1.69 bits per heavy atom. The van der Waals surface area contributed by atoms with Crippen molar-refractivity contribution in [2.24, 2.45) is 0 Å². The molecule has 0 aromatic heterocycles. The maximum atomic E-state index is 13.1.